The summed E-state index contributed by atoms with van der Waals surface area (Å²) in [5.74, 6) is 1.12. The summed E-state index contributed by atoms with van der Waals surface area (Å²) in [5.41, 5.74) is 2.34. The van der Waals surface area contributed by atoms with Crippen molar-refractivity contribution in [2.75, 3.05) is 0 Å². The highest BCUT2D eigenvalue weighted by Gasteiger charge is 2.39. The molecule has 0 spiro atoms. The van der Waals surface area contributed by atoms with Gasteiger partial charge in [0, 0.05) is 6.42 Å². The van der Waals surface area contributed by atoms with Gasteiger partial charge in [0.2, 0.25) is 8.32 Å². The number of allylic oxidation sites excluding steroid dienone is 2. The molecular weight excluding hydrogens is 348 g/mol. The Balaban J connectivity index is 1.95. The average Bonchev–Trinajstić information content (AvgIpc) is 2.61. The number of carbonyl (C=O) groups is 1. The molecule has 0 N–H and O–H groups in total. The first-order valence-corrected chi connectivity index (χ1v) is 12.6. The van der Waals surface area contributed by atoms with Gasteiger partial charge in [0.25, 0.3) is 0 Å². The van der Waals surface area contributed by atoms with E-state index < -0.39 is 8.32 Å². The van der Waals surface area contributed by atoms with Gasteiger partial charge in [0.05, 0.1) is 0 Å². The van der Waals surface area contributed by atoms with Crippen LogP contribution in [0.3, 0.4) is 0 Å². The maximum absolute atomic E-state index is 12.1. The maximum Gasteiger partial charge on any atom is 0.250 e. The van der Waals surface area contributed by atoms with Crippen LogP contribution in [0.15, 0.2) is 66.7 Å². The largest absolute Gasteiger partial charge is 0.543 e. The van der Waals surface area contributed by atoms with Gasteiger partial charge in [-0.1, -0.05) is 75.4 Å². The summed E-state index contributed by atoms with van der Waals surface area (Å²) in [6, 6.07) is 18.3. The van der Waals surface area contributed by atoms with Crippen molar-refractivity contribution in [3.8, 4) is 5.75 Å². The van der Waals surface area contributed by atoms with Crippen molar-refractivity contribution in [2.45, 2.75) is 58.2 Å². The van der Waals surface area contributed by atoms with Crippen molar-refractivity contribution in [3.05, 3.63) is 77.9 Å². The molecule has 0 fully saturated rings. The molecule has 0 bridgehead atoms. The fourth-order valence-electron chi connectivity index (χ4n) is 2.51. The molecule has 0 radical (unpaired) electrons. The van der Waals surface area contributed by atoms with Gasteiger partial charge in [-0.2, -0.15) is 0 Å². The predicted molar refractivity (Wildman–Crippen MR) is 117 cm³/mol. The van der Waals surface area contributed by atoms with Crippen molar-refractivity contribution in [1.29, 1.82) is 0 Å². The molecule has 27 heavy (non-hydrogen) atoms. The number of carbonyl (C=O) groups excluding carboxylic acids is 1. The highest BCUT2D eigenvalue weighted by Crippen LogP contribution is 2.38. The zero-order valence-corrected chi connectivity index (χ0v) is 18.3. The Hall–Kier alpha value is -2.13. The third-order valence-electron chi connectivity index (χ3n) is 5.29. The Kier molecular flexibility index (Phi) is 7.20. The smallest absolute Gasteiger partial charge is 0.250 e. The van der Waals surface area contributed by atoms with E-state index in [0.717, 1.165) is 17.7 Å². The second-order valence-corrected chi connectivity index (χ2v) is 13.3. The Labute approximate surface area is 165 Å². The van der Waals surface area contributed by atoms with Gasteiger partial charge < -0.3 is 4.43 Å². The lowest BCUT2D eigenvalue weighted by atomic mass is 10.1. The molecule has 0 atom stereocenters. The summed E-state index contributed by atoms with van der Waals surface area (Å²) < 4.78 is 6.48. The van der Waals surface area contributed by atoms with Crippen LogP contribution in [0.1, 0.15) is 38.3 Å². The molecule has 0 aliphatic rings. The van der Waals surface area contributed by atoms with E-state index in [0.29, 0.717) is 12.8 Å². The van der Waals surface area contributed by atoms with E-state index in [9.17, 15) is 4.79 Å². The Morgan fingerprint density at radius 3 is 2.30 bits per heavy atom. The SMILES string of the molecule is CC(C)(C)[Si](C)(C)Oc1ccccc1C/C=C/C(=O)CCc1ccccc1. The van der Waals surface area contributed by atoms with Crippen LogP contribution in [0, 0.1) is 0 Å². The predicted octanol–water partition coefficient (Wildman–Crippen LogP) is 6.37. The van der Waals surface area contributed by atoms with Gasteiger partial charge in [0.15, 0.2) is 5.78 Å². The lowest BCUT2D eigenvalue weighted by Gasteiger charge is -2.37. The molecule has 2 aromatic carbocycles. The summed E-state index contributed by atoms with van der Waals surface area (Å²) in [5, 5.41) is 0.156. The fourth-order valence-corrected chi connectivity index (χ4v) is 3.57. The second-order valence-electron chi connectivity index (χ2n) is 8.53. The summed E-state index contributed by atoms with van der Waals surface area (Å²) >= 11 is 0. The highest BCUT2D eigenvalue weighted by molar-refractivity contribution is 6.74. The van der Waals surface area contributed by atoms with Gasteiger partial charge in [-0.25, -0.2) is 0 Å². The molecule has 144 valence electrons. The van der Waals surface area contributed by atoms with Crippen molar-refractivity contribution in [2.24, 2.45) is 0 Å². The van der Waals surface area contributed by atoms with Gasteiger partial charge in [0.1, 0.15) is 5.75 Å². The topological polar surface area (TPSA) is 26.3 Å². The lowest BCUT2D eigenvalue weighted by Crippen LogP contribution is -2.44. The Morgan fingerprint density at radius 1 is 1.00 bits per heavy atom. The van der Waals surface area contributed by atoms with Crippen LogP contribution >= 0.6 is 0 Å². The van der Waals surface area contributed by atoms with Gasteiger partial charge >= 0.3 is 0 Å². The zero-order valence-electron chi connectivity index (χ0n) is 17.3. The van der Waals surface area contributed by atoms with E-state index >= 15 is 0 Å². The third kappa shape index (κ3) is 6.51. The molecule has 0 heterocycles. The summed E-state index contributed by atoms with van der Waals surface area (Å²) in [6.07, 6.45) is 5.72. The van der Waals surface area contributed by atoms with Crippen molar-refractivity contribution in [1.82, 2.24) is 0 Å². The second kappa shape index (κ2) is 9.18. The number of aryl methyl sites for hydroxylation is 1. The van der Waals surface area contributed by atoms with E-state index in [1.807, 2.05) is 42.5 Å². The molecule has 2 rings (SSSR count). The molecule has 0 aliphatic heterocycles. The van der Waals surface area contributed by atoms with Crippen LogP contribution < -0.4 is 4.43 Å². The normalized spacial score (nSPS) is 12.3. The minimum Gasteiger partial charge on any atom is -0.543 e. The van der Waals surface area contributed by atoms with E-state index in [4.69, 9.17) is 4.43 Å². The first-order chi connectivity index (χ1) is 12.7. The number of hydrogen-bond donors (Lipinski definition) is 0. The molecule has 0 unspecified atom stereocenters. The van der Waals surface area contributed by atoms with Gasteiger partial charge in [-0.05, 0) is 54.2 Å². The minimum atomic E-state index is -1.88. The molecule has 2 nitrogen and oxygen atoms in total. The third-order valence-corrected chi connectivity index (χ3v) is 9.63. The Morgan fingerprint density at radius 2 is 1.63 bits per heavy atom. The highest BCUT2D eigenvalue weighted by atomic mass is 28.4. The molecule has 0 saturated heterocycles. The first-order valence-electron chi connectivity index (χ1n) is 9.69. The van der Waals surface area contributed by atoms with Gasteiger partial charge in [-0.15, -0.1) is 0 Å². The number of para-hydroxylation sites is 1. The van der Waals surface area contributed by atoms with Crippen molar-refractivity contribution < 1.29 is 9.22 Å². The monoisotopic (exact) mass is 380 g/mol. The Bertz CT molecular complexity index is 770. The summed E-state index contributed by atoms with van der Waals surface area (Å²) in [6.45, 7) is 11.2. The average molecular weight is 381 g/mol. The molecule has 0 aliphatic carbocycles. The van der Waals surface area contributed by atoms with Crippen molar-refractivity contribution >= 4 is 14.1 Å². The number of hydrogen-bond acceptors (Lipinski definition) is 2. The lowest BCUT2D eigenvalue weighted by molar-refractivity contribution is -0.114. The maximum atomic E-state index is 12.1. The van der Waals surface area contributed by atoms with Gasteiger partial charge in [-0.3, -0.25) is 4.79 Å². The van der Waals surface area contributed by atoms with Crippen LogP contribution in [0.25, 0.3) is 0 Å². The molecule has 0 amide bonds. The number of ketones is 1. The summed E-state index contributed by atoms with van der Waals surface area (Å²) in [7, 11) is -1.88. The zero-order chi connectivity index (χ0) is 19.9. The van der Waals surface area contributed by atoms with Crippen LogP contribution in [-0.2, 0) is 17.6 Å². The summed E-state index contributed by atoms with van der Waals surface area (Å²) in [4.78, 5) is 12.1. The van der Waals surface area contributed by atoms with E-state index in [1.165, 1.54) is 5.56 Å². The van der Waals surface area contributed by atoms with Crippen LogP contribution in [-0.4, -0.2) is 14.1 Å². The standard InChI is InChI=1S/C24H32O2Si/c1-24(2,3)27(4,5)26-23-17-10-9-14-21(23)15-11-16-22(25)19-18-20-12-7-6-8-13-20/h6-14,16-17H,15,18-19H2,1-5H3/b16-11+. The first kappa shape index (κ1) is 21.2. The van der Waals surface area contributed by atoms with Crippen LogP contribution in [0.2, 0.25) is 18.1 Å². The molecule has 2 aromatic rings. The molecule has 0 aromatic heterocycles. The quantitative estimate of drug-likeness (QED) is 0.393. The van der Waals surface area contributed by atoms with E-state index in [2.05, 4.69) is 52.1 Å². The number of benzene rings is 2. The number of rotatable bonds is 8. The minimum absolute atomic E-state index is 0.156. The molecule has 3 heteroatoms. The van der Waals surface area contributed by atoms with Crippen LogP contribution in [0.5, 0.6) is 5.75 Å². The van der Waals surface area contributed by atoms with Crippen molar-refractivity contribution in [3.63, 3.8) is 0 Å². The van der Waals surface area contributed by atoms with E-state index in [-0.39, 0.29) is 10.8 Å². The molecule has 0 saturated carbocycles. The van der Waals surface area contributed by atoms with Crippen LogP contribution in [0.4, 0.5) is 0 Å². The fraction of sp³-hybridized carbons (Fsp3) is 0.375. The van der Waals surface area contributed by atoms with E-state index in [1.54, 1.807) is 6.08 Å². The molecular formula is C24H32O2Si.